The number of carbonyl (C=O) groups excluding carboxylic acids is 2. The Morgan fingerprint density at radius 2 is 1.94 bits per heavy atom. The Labute approximate surface area is 188 Å². The van der Waals surface area contributed by atoms with Crippen LogP contribution in [0.25, 0.3) is 0 Å². The Balaban J connectivity index is 1.62. The molecule has 0 saturated carbocycles. The average molecular weight is 439 g/mol. The fourth-order valence-corrected chi connectivity index (χ4v) is 4.45. The quantitative estimate of drug-likeness (QED) is 0.661. The molecule has 2 aromatic rings. The molecular formula is C24H30N4O4. The van der Waals surface area contributed by atoms with Crippen LogP contribution < -0.4 is 9.64 Å². The number of piperidine rings is 1. The molecule has 0 unspecified atom stereocenters. The summed E-state index contributed by atoms with van der Waals surface area (Å²) in [5.41, 5.74) is 2.68. The zero-order chi connectivity index (χ0) is 22.7. The SMILES string of the molecule is COCCC(=O)N1CCCC[C@H]1c1nc(C)c2c(n1)N(Cc1ccc(OC)cc1)C(=O)C2. The predicted molar refractivity (Wildman–Crippen MR) is 119 cm³/mol. The maximum Gasteiger partial charge on any atom is 0.233 e. The van der Waals surface area contributed by atoms with E-state index >= 15 is 0 Å². The lowest BCUT2D eigenvalue weighted by Gasteiger charge is -2.35. The zero-order valence-corrected chi connectivity index (χ0v) is 19.0. The van der Waals surface area contributed by atoms with Crippen LogP contribution in [0.5, 0.6) is 5.75 Å². The fraction of sp³-hybridized carbons (Fsp3) is 0.500. The third-order valence-electron chi connectivity index (χ3n) is 6.24. The minimum Gasteiger partial charge on any atom is -0.497 e. The first-order valence-corrected chi connectivity index (χ1v) is 11.1. The first kappa shape index (κ1) is 22.2. The number of ether oxygens (including phenoxy) is 2. The van der Waals surface area contributed by atoms with Crippen molar-refractivity contribution in [1.29, 1.82) is 0 Å². The van der Waals surface area contributed by atoms with Crippen molar-refractivity contribution in [3.63, 3.8) is 0 Å². The molecule has 3 heterocycles. The number of rotatable bonds is 7. The lowest BCUT2D eigenvalue weighted by atomic mass is 10.0. The highest BCUT2D eigenvalue weighted by atomic mass is 16.5. The largest absolute Gasteiger partial charge is 0.497 e. The lowest BCUT2D eigenvalue weighted by molar-refractivity contribution is -0.136. The number of amides is 2. The van der Waals surface area contributed by atoms with Crippen LogP contribution in [0.4, 0.5) is 5.82 Å². The van der Waals surface area contributed by atoms with Crippen molar-refractivity contribution in [2.75, 3.05) is 32.3 Å². The second-order valence-corrected chi connectivity index (χ2v) is 8.32. The minimum absolute atomic E-state index is 0.0158. The van der Waals surface area contributed by atoms with Gasteiger partial charge in [-0.1, -0.05) is 12.1 Å². The number of fused-ring (bicyclic) bond motifs is 1. The summed E-state index contributed by atoms with van der Waals surface area (Å²) in [5, 5.41) is 0. The van der Waals surface area contributed by atoms with Gasteiger partial charge in [0.25, 0.3) is 0 Å². The molecular weight excluding hydrogens is 408 g/mol. The molecule has 1 aromatic heterocycles. The molecule has 8 nitrogen and oxygen atoms in total. The van der Waals surface area contributed by atoms with Crippen molar-refractivity contribution >= 4 is 17.6 Å². The van der Waals surface area contributed by atoms with Gasteiger partial charge in [-0.3, -0.25) is 14.5 Å². The van der Waals surface area contributed by atoms with Gasteiger partial charge in [0.05, 0.1) is 39.1 Å². The number of hydrogen-bond donors (Lipinski definition) is 0. The van der Waals surface area contributed by atoms with Gasteiger partial charge in [-0.15, -0.1) is 0 Å². The number of nitrogens with zero attached hydrogens (tertiary/aromatic N) is 4. The number of aryl methyl sites for hydroxylation is 1. The summed E-state index contributed by atoms with van der Waals surface area (Å²) in [6.45, 7) is 3.46. The molecule has 1 saturated heterocycles. The van der Waals surface area contributed by atoms with E-state index in [1.807, 2.05) is 36.1 Å². The van der Waals surface area contributed by atoms with Crippen LogP contribution in [-0.4, -0.2) is 54.1 Å². The Kier molecular flexibility index (Phi) is 6.69. The van der Waals surface area contributed by atoms with E-state index in [-0.39, 0.29) is 17.9 Å². The molecule has 0 spiro atoms. The van der Waals surface area contributed by atoms with E-state index in [4.69, 9.17) is 19.4 Å². The number of aromatic nitrogens is 2. The van der Waals surface area contributed by atoms with Crippen molar-refractivity contribution in [2.45, 2.75) is 51.6 Å². The van der Waals surface area contributed by atoms with Crippen molar-refractivity contribution in [3.05, 3.63) is 46.9 Å². The van der Waals surface area contributed by atoms with Crippen molar-refractivity contribution < 1.29 is 19.1 Å². The van der Waals surface area contributed by atoms with E-state index in [2.05, 4.69) is 0 Å². The molecule has 1 atom stereocenters. The van der Waals surface area contributed by atoms with Crippen LogP contribution in [0.1, 0.15) is 54.4 Å². The molecule has 2 aliphatic rings. The molecule has 0 radical (unpaired) electrons. The van der Waals surface area contributed by atoms with Gasteiger partial charge in [0.15, 0.2) is 5.82 Å². The van der Waals surface area contributed by atoms with Crippen molar-refractivity contribution in [1.82, 2.24) is 14.9 Å². The van der Waals surface area contributed by atoms with Crippen LogP contribution in [0.2, 0.25) is 0 Å². The number of carbonyl (C=O) groups is 2. The number of benzene rings is 1. The van der Waals surface area contributed by atoms with Crippen LogP contribution in [0.3, 0.4) is 0 Å². The van der Waals surface area contributed by atoms with Gasteiger partial charge >= 0.3 is 0 Å². The van der Waals surface area contributed by atoms with Gasteiger partial charge < -0.3 is 14.4 Å². The summed E-state index contributed by atoms with van der Waals surface area (Å²) in [7, 11) is 3.23. The average Bonchev–Trinajstić information content (AvgIpc) is 3.13. The van der Waals surface area contributed by atoms with Gasteiger partial charge in [0, 0.05) is 24.9 Å². The Morgan fingerprint density at radius 1 is 1.16 bits per heavy atom. The van der Waals surface area contributed by atoms with Crippen LogP contribution >= 0.6 is 0 Å². The van der Waals surface area contributed by atoms with Crippen molar-refractivity contribution in [2.24, 2.45) is 0 Å². The van der Waals surface area contributed by atoms with E-state index in [1.165, 1.54) is 0 Å². The first-order chi connectivity index (χ1) is 15.5. The summed E-state index contributed by atoms with van der Waals surface area (Å²) < 4.78 is 10.3. The maximum atomic E-state index is 12.8. The van der Waals surface area contributed by atoms with E-state index in [0.29, 0.717) is 44.2 Å². The molecule has 32 heavy (non-hydrogen) atoms. The smallest absolute Gasteiger partial charge is 0.233 e. The summed E-state index contributed by atoms with van der Waals surface area (Å²) in [6.07, 6.45) is 3.47. The minimum atomic E-state index is -0.171. The Morgan fingerprint density at radius 3 is 2.66 bits per heavy atom. The standard InChI is InChI=1S/C24H30N4O4/c1-16-19-14-22(30)28(15-17-7-9-18(32-3)10-8-17)24(19)26-23(25-16)20-6-4-5-12-27(20)21(29)11-13-31-2/h7-10,20H,4-6,11-15H2,1-3H3/t20-/m0/s1. The van der Waals surface area contributed by atoms with E-state index in [0.717, 1.165) is 41.8 Å². The van der Waals surface area contributed by atoms with E-state index in [9.17, 15) is 9.59 Å². The lowest BCUT2D eigenvalue weighted by Crippen LogP contribution is -2.40. The monoisotopic (exact) mass is 438 g/mol. The van der Waals surface area contributed by atoms with Crippen LogP contribution in [-0.2, 0) is 27.3 Å². The van der Waals surface area contributed by atoms with Crippen LogP contribution in [0.15, 0.2) is 24.3 Å². The summed E-state index contributed by atoms with van der Waals surface area (Å²) in [6, 6.07) is 7.51. The first-order valence-electron chi connectivity index (χ1n) is 11.1. The third kappa shape index (κ3) is 4.46. The molecule has 1 fully saturated rings. The van der Waals surface area contributed by atoms with Gasteiger partial charge in [-0.25, -0.2) is 9.97 Å². The molecule has 4 rings (SSSR count). The van der Waals surface area contributed by atoms with Gasteiger partial charge in [-0.2, -0.15) is 0 Å². The second-order valence-electron chi connectivity index (χ2n) is 8.32. The number of likely N-dealkylation sites (tertiary alicyclic amines) is 1. The van der Waals surface area contributed by atoms with E-state index < -0.39 is 0 Å². The highest BCUT2D eigenvalue weighted by molar-refractivity contribution is 6.00. The van der Waals surface area contributed by atoms with Crippen molar-refractivity contribution in [3.8, 4) is 5.75 Å². The van der Waals surface area contributed by atoms with Gasteiger partial charge in [0.1, 0.15) is 11.6 Å². The zero-order valence-electron chi connectivity index (χ0n) is 19.0. The summed E-state index contributed by atoms with van der Waals surface area (Å²) in [4.78, 5) is 38.8. The molecule has 170 valence electrons. The summed E-state index contributed by atoms with van der Waals surface area (Å²) in [5.74, 6) is 2.15. The summed E-state index contributed by atoms with van der Waals surface area (Å²) >= 11 is 0. The van der Waals surface area contributed by atoms with E-state index in [1.54, 1.807) is 19.1 Å². The number of hydrogen-bond acceptors (Lipinski definition) is 6. The Bertz CT molecular complexity index is 992. The highest BCUT2D eigenvalue weighted by Gasteiger charge is 2.35. The predicted octanol–water partition coefficient (Wildman–Crippen LogP) is 2.97. The molecule has 0 aliphatic carbocycles. The maximum absolute atomic E-state index is 12.8. The number of anilines is 1. The normalized spacial score (nSPS) is 18.1. The molecule has 0 bridgehead atoms. The Hall–Kier alpha value is -3.00. The van der Waals surface area contributed by atoms with Gasteiger partial charge in [0.2, 0.25) is 11.8 Å². The highest BCUT2D eigenvalue weighted by Crippen LogP contribution is 2.35. The van der Waals surface area contributed by atoms with Crippen LogP contribution in [0, 0.1) is 6.92 Å². The molecule has 1 aromatic carbocycles. The molecule has 0 N–H and O–H groups in total. The molecule has 2 aliphatic heterocycles. The second kappa shape index (κ2) is 9.65. The molecule has 2 amide bonds. The number of methoxy groups -OCH3 is 2. The fourth-order valence-electron chi connectivity index (χ4n) is 4.45. The molecule has 8 heteroatoms. The van der Waals surface area contributed by atoms with Gasteiger partial charge in [-0.05, 0) is 43.9 Å². The topological polar surface area (TPSA) is 84.9 Å². The third-order valence-corrected chi connectivity index (χ3v) is 6.24.